The Morgan fingerprint density at radius 2 is 2.08 bits per heavy atom. The van der Waals surface area contributed by atoms with Gasteiger partial charge in [0.2, 0.25) is 0 Å². The van der Waals surface area contributed by atoms with Gasteiger partial charge in [-0.25, -0.2) is 4.79 Å². The highest BCUT2D eigenvalue weighted by atomic mass is 16.4. The van der Waals surface area contributed by atoms with Gasteiger partial charge in [0.15, 0.2) is 0 Å². The first-order chi connectivity index (χ1) is 6.16. The second-order valence-electron chi connectivity index (χ2n) is 3.12. The summed E-state index contributed by atoms with van der Waals surface area (Å²) in [6, 6.07) is 0. The van der Waals surface area contributed by atoms with Crippen LogP contribution >= 0.6 is 0 Å². The molecule has 2 heteroatoms. The van der Waals surface area contributed by atoms with E-state index < -0.39 is 5.97 Å². The van der Waals surface area contributed by atoms with E-state index in [1.807, 2.05) is 12.2 Å². The smallest absolute Gasteiger partial charge is 0.328 e. The maximum absolute atomic E-state index is 10.2. The van der Waals surface area contributed by atoms with Crippen LogP contribution in [0.4, 0.5) is 0 Å². The Bertz CT molecular complexity index is 202. The highest BCUT2D eigenvalue weighted by molar-refractivity contribution is 5.81. The summed E-state index contributed by atoms with van der Waals surface area (Å²) in [6.07, 6.45) is 9.81. The quantitative estimate of drug-likeness (QED) is 0.389. The summed E-state index contributed by atoms with van der Waals surface area (Å²) in [5, 5.41) is 8.41. The molecule has 0 unspecified atom stereocenters. The molecule has 0 fully saturated rings. The number of carbonyl (C=O) groups is 1. The summed E-state index contributed by atoms with van der Waals surface area (Å²) < 4.78 is 0. The maximum atomic E-state index is 10.2. The molecule has 0 rings (SSSR count). The summed E-state index contributed by atoms with van der Waals surface area (Å²) in [7, 11) is 0. The van der Waals surface area contributed by atoms with E-state index in [1.165, 1.54) is 25.3 Å². The van der Waals surface area contributed by atoms with Gasteiger partial charge in [-0.1, -0.05) is 31.9 Å². The van der Waals surface area contributed by atoms with Crippen molar-refractivity contribution in [1.29, 1.82) is 0 Å². The minimum atomic E-state index is -0.879. The lowest BCUT2D eigenvalue weighted by atomic mass is 10.1. The Kier molecular flexibility index (Phi) is 6.98. The maximum Gasteiger partial charge on any atom is 0.328 e. The fourth-order valence-electron chi connectivity index (χ4n) is 1.02. The van der Waals surface area contributed by atoms with Gasteiger partial charge < -0.3 is 5.11 Å². The molecule has 2 nitrogen and oxygen atoms in total. The van der Waals surface area contributed by atoms with Crippen molar-refractivity contribution in [1.82, 2.24) is 0 Å². The van der Waals surface area contributed by atoms with Crippen LogP contribution in [0.25, 0.3) is 0 Å². The Morgan fingerprint density at radius 1 is 1.38 bits per heavy atom. The second kappa shape index (κ2) is 7.59. The zero-order chi connectivity index (χ0) is 10.1. The Hall–Kier alpha value is -1.05. The Balaban J connectivity index is 3.65. The van der Waals surface area contributed by atoms with Crippen molar-refractivity contribution < 1.29 is 9.90 Å². The third-order valence-corrected chi connectivity index (χ3v) is 1.71. The predicted molar refractivity (Wildman–Crippen MR) is 54.7 cm³/mol. The molecule has 1 N–H and O–H groups in total. The number of allylic oxidation sites excluding steroid dienone is 3. The van der Waals surface area contributed by atoms with Crippen molar-refractivity contribution >= 4 is 5.97 Å². The van der Waals surface area contributed by atoms with E-state index in [9.17, 15) is 4.79 Å². The lowest BCUT2D eigenvalue weighted by Gasteiger charge is -1.92. The molecule has 0 heterocycles. The number of hydrogen-bond donors (Lipinski definition) is 1. The zero-order valence-electron chi connectivity index (χ0n) is 8.42. The number of rotatable bonds is 6. The minimum absolute atomic E-state index is 0.795. The number of unbranched alkanes of at least 4 members (excludes halogenated alkanes) is 3. The van der Waals surface area contributed by atoms with Gasteiger partial charge in [0.25, 0.3) is 0 Å². The van der Waals surface area contributed by atoms with E-state index >= 15 is 0 Å². The largest absolute Gasteiger partial charge is 0.478 e. The Labute approximate surface area is 80.0 Å². The normalized spacial score (nSPS) is 12.3. The molecule has 0 saturated carbocycles. The van der Waals surface area contributed by atoms with Crippen LogP contribution < -0.4 is 0 Å². The van der Waals surface area contributed by atoms with Crippen molar-refractivity contribution in [2.45, 2.75) is 39.5 Å². The van der Waals surface area contributed by atoms with Gasteiger partial charge in [-0.05, 0) is 25.3 Å². The average molecular weight is 182 g/mol. The van der Waals surface area contributed by atoms with Crippen LogP contribution in [0.3, 0.4) is 0 Å². The summed E-state index contributed by atoms with van der Waals surface area (Å²) in [6.45, 7) is 3.96. The van der Waals surface area contributed by atoms with E-state index in [-0.39, 0.29) is 0 Å². The van der Waals surface area contributed by atoms with Crippen molar-refractivity contribution in [3.05, 3.63) is 23.8 Å². The van der Waals surface area contributed by atoms with Gasteiger partial charge >= 0.3 is 5.97 Å². The summed E-state index contributed by atoms with van der Waals surface area (Å²) >= 11 is 0. The third-order valence-electron chi connectivity index (χ3n) is 1.71. The van der Waals surface area contributed by atoms with Crippen molar-refractivity contribution in [2.75, 3.05) is 0 Å². The van der Waals surface area contributed by atoms with Gasteiger partial charge in [0.05, 0.1) is 0 Å². The first-order valence-electron chi connectivity index (χ1n) is 4.74. The van der Waals surface area contributed by atoms with Crippen LogP contribution in [0.1, 0.15) is 39.5 Å². The number of carboxylic acid groups (broad SMARTS) is 1. The number of hydrogen-bond acceptors (Lipinski definition) is 1. The molecule has 0 bridgehead atoms. The second-order valence-corrected chi connectivity index (χ2v) is 3.12. The average Bonchev–Trinajstić information content (AvgIpc) is 2.02. The van der Waals surface area contributed by atoms with Crippen molar-refractivity contribution in [3.63, 3.8) is 0 Å². The molecule has 74 valence electrons. The molecule has 13 heavy (non-hydrogen) atoms. The van der Waals surface area contributed by atoms with Crippen molar-refractivity contribution in [2.24, 2.45) is 0 Å². The van der Waals surface area contributed by atoms with Crippen LogP contribution in [0.2, 0.25) is 0 Å². The molecule has 0 saturated heterocycles. The molecule has 0 aromatic rings. The fraction of sp³-hybridized carbons (Fsp3) is 0.545. The highest BCUT2D eigenvalue weighted by Gasteiger charge is 1.88. The summed E-state index contributed by atoms with van der Waals surface area (Å²) in [5.41, 5.74) is 0.795. The molecule has 0 aromatic carbocycles. The SMILES string of the molecule is CCCCC/C=C/C(C)=C/C(=O)O. The summed E-state index contributed by atoms with van der Waals surface area (Å²) in [5.74, 6) is -0.879. The first kappa shape index (κ1) is 11.9. The molecule has 0 amide bonds. The van der Waals surface area contributed by atoms with Gasteiger partial charge in [0.1, 0.15) is 0 Å². The van der Waals surface area contributed by atoms with E-state index in [2.05, 4.69) is 6.92 Å². The van der Waals surface area contributed by atoms with E-state index in [0.29, 0.717) is 0 Å². The molecule has 0 aliphatic heterocycles. The van der Waals surface area contributed by atoms with Gasteiger partial charge in [-0.15, -0.1) is 0 Å². The third kappa shape index (κ3) is 8.86. The minimum Gasteiger partial charge on any atom is -0.478 e. The van der Waals surface area contributed by atoms with Crippen LogP contribution in [0.15, 0.2) is 23.8 Å². The fourth-order valence-corrected chi connectivity index (χ4v) is 1.02. The van der Waals surface area contributed by atoms with Crippen LogP contribution in [0, 0.1) is 0 Å². The standard InChI is InChI=1S/C11H18O2/c1-3-4-5-6-7-8-10(2)9-11(12)13/h7-9H,3-6H2,1-2H3,(H,12,13)/b8-7+,10-9+. The lowest BCUT2D eigenvalue weighted by Crippen LogP contribution is -1.87. The topological polar surface area (TPSA) is 37.3 Å². The lowest BCUT2D eigenvalue weighted by molar-refractivity contribution is -0.131. The molecule has 0 atom stereocenters. The molecule has 0 aliphatic carbocycles. The van der Waals surface area contributed by atoms with Crippen LogP contribution in [-0.2, 0) is 4.79 Å². The first-order valence-corrected chi connectivity index (χ1v) is 4.74. The van der Waals surface area contributed by atoms with E-state index in [4.69, 9.17) is 5.11 Å². The molecule has 0 aromatic heterocycles. The molecular formula is C11H18O2. The number of carboxylic acids is 1. The van der Waals surface area contributed by atoms with Gasteiger partial charge in [-0.2, -0.15) is 0 Å². The van der Waals surface area contributed by atoms with E-state index in [0.717, 1.165) is 12.0 Å². The zero-order valence-corrected chi connectivity index (χ0v) is 8.42. The monoisotopic (exact) mass is 182 g/mol. The summed E-state index contributed by atoms with van der Waals surface area (Å²) in [4.78, 5) is 10.2. The molecule has 0 aliphatic rings. The number of aliphatic carboxylic acids is 1. The van der Waals surface area contributed by atoms with Crippen molar-refractivity contribution in [3.8, 4) is 0 Å². The molecule has 0 spiro atoms. The molecular weight excluding hydrogens is 164 g/mol. The predicted octanol–water partition coefficient (Wildman–Crippen LogP) is 3.15. The van der Waals surface area contributed by atoms with E-state index in [1.54, 1.807) is 6.92 Å². The molecule has 0 radical (unpaired) electrons. The highest BCUT2D eigenvalue weighted by Crippen LogP contribution is 2.02. The van der Waals surface area contributed by atoms with Gasteiger partial charge in [0, 0.05) is 6.08 Å². The van der Waals surface area contributed by atoms with Crippen LogP contribution in [-0.4, -0.2) is 11.1 Å². The van der Waals surface area contributed by atoms with Gasteiger partial charge in [-0.3, -0.25) is 0 Å². The van der Waals surface area contributed by atoms with Crippen LogP contribution in [0.5, 0.6) is 0 Å². The Morgan fingerprint density at radius 3 is 2.62 bits per heavy atom.